The van der Waals surface area contributed by atoms with Gasteiger partial charge < -0.3 is 20.1 Å². The van der Waals surface area contributed by atoms with Crippen molar-refractivity contribution in [2.24, 2.45) is 0 Å². The van der Waals surface area contributed by atoms with Crippen LogP contribution in [-0.2, 0) is 27.9 Å². The molecule has 9 nitrogen and oxygen atoms in total. The third-order valence-corrected chi connectivity index (χ3v) is 11.2. The smallest absolute Gasteiger partial charge is 0.463 e. The van der Waals surface area contributed by atoms with Gasteiger partial charge in [-0.05, 0) is 77.0 Å². The summed E-state index contributed by atoms with van der Waals surface area (Å²) in [7, 11) is -4.42. The first-order valence-corrected chi connectivity index (χ1v) is 25.6. The standard InChI is InChI=1S/C49H90NO8P/c1-3-5-7-9-11-13-15-17-19-20-21-22-23-24-25-26-28-29-31-33-35-37-39-41-48(52)50-43-44-57-59(54,55)58-46-47(51)45-56-49(53)42-40-38-36-34-32-30-27-18-16-14-12-10-8-6-4-2/h11-14,17-19,27,47,51H,3-10,15-16,20-26,28-46H2,1-2H3,(H,50,52)(H,54,55)/b13-11-,14-12-,19-17-,27-18-. The quantitative estimate of drug-likeness (QED) is 0.0239. The molecular formula is C49H90NO8P. The van der Waals surface area contributed by atoms with Crippen LogP contribution in [0.1, 0.15) is 219 Å². The summed E-state index contributed by atoms with van der Waals surface area (Å²) in [4.78, 5) is 34.0. The number of hydrogen-bond donors (Lipinski definition) is 3. The number of allylic oxidation sites excluding steroid dienone is 8. The zero-order valence-corrected chi connectivity index (χ0v) is 38.8. The summed E-state index contributed by atoms with van der Waals surface area (Å²) < 4.78 is 26.9. The van der Waals surface area contributed by atoms with Crippen LogP contribution in [0.4, 0.5) is 0 Å². The van der Waals surface area contributed by atoms with Crippen molar-refractivity contribution >= 4 is 19.7 Å². The number of rotatable bonds is 45. The van der Waals surface area contributed by atoms with Crippen LogP contribution in [0.3, 0.4) is 0 Å². The molecule has 10 heteroatoms. The van der Waals surface area contributed by atoms with Crippen molar-refractivity contribution in [3.05, 3.63) is 48.6 Å². The third kappa shape index (κ3) is 46.9. The van der Waals surface area contributed by atoms with Gasteiger partial charge in [0.25, 0.3) is 0 Å². The second-order valence-electron chi connectivity index (χ2n) is 16.1. The van der Waals surface area contributed by atoms with E-state index in [-0.39, 0.29) is 32.1 Å². The van der Waals surface area contributed by atoms with E-state index in [1.807, 2.05) is 0 Å². The highest BCUT2D eigenvalue weighted by Crippen LogP contribution is 2.42. The molecule has 0 aromatic rings. The fourth-order valence-corrected chi connectivity index (χ4v) is 7.32. The van der Waals surface area contributed by atoms with Crippen LogP contribution in [0.15, 0.2) is 48.6 Å². The molecule has 0 saturated heterocycles. The minimum atomic E-state index is -4.42. The number of nitrogens with one attached hydrogen (secondary N) is 1. The van der Waals surface area contributed by atoms with Crippen molar-refractivity contribution in [1.29, 1.82) is 0 Å². The van der Waals surface area contributed by atoms with E-state index in [2.05, 4.69) is 67.8 Å². The average molecular weight is 852 g/mol. The number of aliphatic hydroxyl groups excluding tert-OH is 1. The summed E-state index contributed by atoms with van der Waals surface area (Å²) in [6, 6.07) is 0. The lowest BCUT2D eigenvalue weighted by Crippen LogP contribution is -2.27. The molecular weight excluding hydrogens is 762 g/mol. The summed E-state index contributed by atoms with van der Waals surface area (Å²) in [5.41, 5.74) is 0. The van der Waals surface area contributed by atoms with Crippen LogP contribution in [-0.4, -0.2) is 54.3 Å². The van der Waals surface area contributed by atoms with Crippen molar-refractivity contribution in [2.75, 3.05) is 26.4 Å². The molecule has 344 valence electrons. The number of phosphoric acid groups is 1. The average Bonchev–Trinajstić information content (AvgIpc) is 3.22. The van der Waals surface area contributed by atoms with Crippen molar-refractivity contribution in [3.63, 3.8) is 0 Å². The van der Waals surface area contributed by atoms with Crippen molar-refractivity contribution in [1.82, 2.24) is 5.32 Å². The van der Waals surface area contributed by atoms with Crippen LogP contribution in [0.2, 0.25) is 0 Å². The molecule has 2 unspecified atom stereocenters. The largest absolute Gasteiger partial charge is 0.472 e. The Bertz CT molecular complexity index is 1110. The van der Waals surface area contributed by atoms with Gasteiger partial charge in [-0.25, -0.2) is 4.57 Å². The first kappa shape index (κ1) is 57.0. The van der Waals surface area contributed by atoms with Crippen molar-refractivity contribution in [2.45, 2.75) is 225 Å². The molecule has 0 aliphatic carbocycles. The predicted molar refractivity (Wildman–Crippen MR) is 247 cm³/mol. The van der Waals surface area contributed by atoms with Gasteiger partial charge in [0.05, 0.1) is 13.2 Å². The molecule has 0 fully saturated rings. The lowest BCUT2D eigenvalue weighted by Gasteiger charge is -2.15. The predicted octanol–water partition coefficient (Wildman–Crippen LogP) is 13.9. The van der Waals surface area contributed by atoms with Crippen LogP contribution in [0.5, 0.6) is 0 Å². The lowest BCUT2D eigenvalue weighted by atomic mass is 10.0. The zero-order chi connectivity index (χ0) is 43.2. The van der Waals surface area contributed by atoms with Gasteiger partial charge in [0.15, 0.2) is 0 Å². The van der Waals surface area contributed by atoms with E-state index >= 15 is 0 Å². The number of carbonyl (C=O) groups is 2. The van der Waals surface area contributed by atoms with Gasteiger partial charge in [0.1, 0.15) is 12.7 Å². The van der Waals surface area contributed by atoms with Crippen LogP contribution < -0.4 is 5.32 Å². The molecule has 0 aromatic carbocycles. The Morgan fingerprint density at radius 2 is 0.915 bits per heavy atom. The Morgan fingerprint density at radius 3 is 1.36 bits per heavy atom. The number of esters is 1. The molecule has 2 atom stereocenters. The van der Waals surface area contributed by atoms with Crippen LogP contribution >= 0.6 is 7.82 Å². The SMILES string of the molecule is CCCCC/C=C\C/C=C\CCCCCCCCCCCCCCCC(=O)NCCOP(=O)(O)OCC(O)COC(=O)CCCCCCC/C=C\C/C=C\CCCCC. The summed E-state index contributed by atoms with van der Waals surface area (Å²) in [6.07, 6.45) is 53.3. The van der Waals surface area contributed by atoms with Crippen molar-refractivity contribution < 1.29 is 37.9 Å². The summed E-state index contributed by atoms with van der Waals surface area (Å²) in [5, 5.41) is 12.7. The van der Waals surface area contributed by atoms with Gasteiger partial charge in [-0.15, -0.1) is 0 Å². The molecule has 0 aliphatic heterocycles. The highest BCUT2D eigenvalue weighted by molar-refractivity contribution is 7.47. The van der Waals surface area contributed by atoms with E-state index in [4.69, 9.17) is 13.8 Å². The highest BCUT2D eigenvalue weighted by atomic mass is 31.2. The second-order valence-corrected chi connectivity index (χ2v) is 17.5. The Labute approximate surface area is 362 Å². The highest BCUT2D eigenvalue weighted by Gasteiger charge is 2.23. The maximum Gasteiger partial charge on any atom is 0.472 e. The molecule has 0 heterocycles. The topological polar surface area (TPSA) is 131 Å². The molecule has 0 radical (unpaired) electrons. The number of phosphoric ester groups is 1. The van der Waals surface area contributed by atoms with Crippen molar-refractivity contribution in [3.8, 4) is 0 Å². The number of ether oxygens (including phenoxy) is 1. The van der Waals surface area contributed by atoms with Gasteiger partial charge in [-0.2, -0.15) is 0 Å². The number of unbranched alkanes of at least 4 members (excludes halogenated alkanes) is 24. The maximum atomic E-state index is 12.1. The normalized spacial score (nSPS) is 13.6. The number of amides is 1. The third-order valence-electron chi connectivity index (χ3n) is 10.2. The molecule has 0 aliphatic rings. The molecule has 1 amide bonds. The molecule has 0 saturated carbocycles. The van der Waals surface area contributed by atoms with E-state index in [1.54, 1.807) is 0 Å². The van der Waals surface area contributed by atoms with E-state index in [0.29, 0.717) is 6.42 Å². The minimum absolute atomic E-state index is 0.0792. The lowest BCUT2D eigenvalue weighted by molar-refractivity contribution is -0.147. The Morgan fingerprint density at radius 1 is 0.525 bits per heavy atom. The Balaban J connectivity index is 3.56. The van der Waals surface area contributed by atoms with Gasteiger partial charge in [0, 0.05) is 19.4 Å². The summed E-state index contributed by atoms with van der Waals surface area (Å²) in [5.74, 6) is -0.529. The molecule has 3 N–H and O–H groups in total. The van der Waals surface area contributed by atoms with Crippen LogP contribution in [0, 0.1) is 0 Å². The summed E-state index contributed by atoms with van der Waals surface area (Å²) >= 11 is 0. The number of aliphatic hydroxyl groups is 1. The molecule has 0 bridgehead atoms. The molecule has 0 rings (SSSR count). The van der Waals surface area contributed by atoms with E-state index < -0.39 is 26.5 Å². The number of hydrogen-bond acceptors (Lipinski definition) is 7. The minimum Gasteiger partial charge on any atom is -0.463 e. The molecule has 0 spiro atoms. The molecule has 59 heavy (non-hydrogen) atoms. The summed E-state index contributed by atoms with van der Waals surface area (Å²) in [6.45, 7) is 3.50. The molecule has 0 aromatic heterocycles. The van der Waals surface area contributed by atoms with Gasteiger partial charge in [-0.1, -0.05) is 178 Å². The van der Waals surface area contributed by atoms with E-state index in [0.717, 1.165) is 70.6 Å². The van der Waals surface area contributed by atoms with Gasteiger partial charge >= 0.3 is 13.8 Å². The fraction of sp³-hybridized carbons (Fsp3) is 0.796. The maximum absolute atomic E-state index is 12.1. The zero-order valence-electron chi connectivity index (χ0n) is 37.9. The van der Waals surface area contributed by atoms with E-state index in [9.17, 15) is 24.2 Å². The first-order valence-electron chi connectivity index (χ1n) is 24.1. The van der Waals surface area contributed by atoms with Gasteiger partial charge in [0.2, 0.25) is 5.91 Å². The monoisotopic (exact) mass is 852 g/mol. The van der Waals surface area contributed by atoms with Gasteiger partial charge in [-0.3, -0.25) is 18.6 Å². The fourth-order valence-electron chi connectivity index (χ4n) is 6.56. The second kappa shape index (κ2) is 45.5. The first-order chi connectivity index (χ1) is 28.8. The van der Waals surface area contributed by atoms with Crippen LogP contribution in [0.25, 0.3) is 0 Å². The van der Waals surface area contributed by atoms with E-state index in [1.165, 1.54) is 122 Å². The number of carbonyl (C=O) groups excluding carboxylic acids is 2. The Kier molecular flexibility index (Phi) is 43.9. The Hall–Kier alpha value is -2.03.